The molecule has 1 N–H and O–H groups in total. The first-order valence-electron chi connectivity index (χ1n) is 9.92. The van der Waals surface area contributed by atoms with Gasteiger partial charge in [-0.1, -0.05) is 51.9 Å². The van der Waals surface area contributed by atoms with E-state index in [2.05, 4.69) is 37.8 Å². The molecule has 31 heavy (non-hydrogen) atoms. The molecule has 1 aromatic heterocycles. The Morgan fingerprint density at radius 1 is 1.32 bits per heavy atom. The van der Waals surface area contributed by atoms with Crippen molar-refractivity contribution < 1.29 is 14.3 Å². The Bertz CT molecular complexity index is 873. The fourth-order valence-corrected chi connectivity index (χ4v) is 3.64. The summed E-state index contributed by atoms with van der Waals surface area (Å²) in [6.07, 6.45) is -0.0998. The third-order valence-corrected chi connectivity index (χ3v) is 5.29. The Labute approximate surface area is 207 Å². The fraction of sp³-hybridized carbons (Fsp3) is 0.571. The van der Waals surface area contributed by atoms with Crippen LogP contribution in [0.1, 0.15) is 44.1 Å². The van der Waals surface area contributed by atoms with Crippen LogP contribution in [0.15, 0.2) is 18.2 Å². The molecule has 2 atom stereocenters. The average Bonchev–Trinajstić information content (AvgIpc) is 2.98. The standard InChI is InChI=1S/C20H26Cl2N4O3.CH3I/c1-12-23-17(25-24-12)10-14-11-26(19(27)29-20(2,3)4)7-8-28-18(14)13-5-6-15(21)16(22)9-13;1-2/h5-6,9,14,18H,7-8,10-11H2,1-4H3,(H,23,24,25);1H3/t14-,18+;/m1./s1. The van der Waals surface area contributed by atoms with Crippen molar-refractivity contribution in [3.8, 4) is 0 Å². The van der Waals surface area contributed by atoms with Crippen molar-refractivity contribution in [1.29, 1.82) is 0 Å². The van der Waals surface area contributed by atoms with Gasteiger partial charge in [0.15, 0.2) is 5.82 Å². The van der Waals surface area contributed by atoms with E-state index in [1.54, 1.807) is 11.0 Å². The quantitative estimate of drug-likeness (QED) is 0.374. The average molecular weight is 583 g/mol. The Balaban J connectivity index is 0.00000166. The van der Waals surface area contributed by atoms with Gasteiger partial charge >= 0.3 is 6.09 Å². The second-order valence-electron chi connectivity index (χ2n) is 8.19. The lowest BCUT2D eigenvalue weighted by Crippen LogP contribution is -2.40. The van der Waals surface area contributed by atoms with Crippen LogP contribution in [-0.4, -0.2) is 56.4 Å². The Hall–Kier alpha value is -1.10. The number of carbonyl (C=O) groups excluding carboxylic acids is 1. The number of nitrogens with zero attached hydrogens (tertiary/aromatic N) is 3. The smallest absolute Gasteiger partial charge is 0.410 e. The number of aromatic nitrogens is 3. The zero-order chi connectivity index (χ0) is 23.2. The number of halogens is 3. The van der Waals surface area contributed by atoms with Crippen LogP contribution in [0, 0.1) is 12.8 Å². The van der Waals surface area contributed by atoms with Crippen molar-refractivity contribution in [3.05, 3.63) is 45.5 Å². The van der Waals surface area contributed by atoms with Gasteiger partial charge in [0.1, 0.15) is 11.4 Å². The lowest BCUT2D eigenvalue weighted by atomic mass is 9.92. The molecule has 7 nitrogen and oxygen atoms in total. The first kappa shape index (κ1) is 26.2. The van der Waals surface area contributed by atoms with Gasteiger partial charge in [0.05, 0.1) is 22.8 Å². The molecule has 0 radical (unpaired) electrons. The Kier molecular flexibility index (Phi) is 9.85. The Morgan fingerprint density at radius 3 is 2.61 bits per heavy atom. The first-order valence-corrected chi connectivity index (χ1v) is 12.8. The molecule has 1 amide bonds. The van der Waals surface area contributed by atoms with E-state index in [1.807, 2.05) is 44.8 Å². The molecular formula is C21H29Cl2IN4O3. The maximum absolute atomic E-state index is 12.7. The molecule has 0 aliphatic carbocycles. The van der Waals surface area contributed by atoms with E-state index in [1.165, 1.54) is 0 Å². The number of aryl methyl sites for hydroxylation is 1. The summed E-state index contributed by atoms with van der Waals surface area (Å²) < 4.78 is 11.7. The van der Waals surface area contributed by atoms with Gasteiger partial charge in [-0.3, -0.25) is 5.10 Å². The number of carbonyl (C=O) groups is 1. The van der Waals surface area contributed by atoms with Gasteiger partial charge < -0.3 is 14.4 Å². The van der Waals surface area contributed by atoms with Crippen LogP contribution in [0.2, 0.25) is 10.0 Å². The lowest BCUT2D eigenvalue weighted by molar-refractivity contribution is 0.0231. The molecule has 1 fully saturated rings. The van der Waals surface area contributed by atoms with Crippen molar-refractivity contribution in [1.82, 2.24) is 20.1 Å². The van der Waals surface area contributed by atoms with Crippen LogP contribution in [0.5, 0.6) is 0 Å². The zero-order valence-electron chi connectivity index (χ0n) is 18.4. The maximum Gasteiger partial charge on any atom is 0.410 e. The van der Waals surface area contributed by atoms with E-state index in [-0.39, 0.29) is 18.1 Å². The van der Waals surface area contributed by atoms with Crippen molar-refractivity contribution >= 4 is 51.9 Å². The molecule has 3 rings (SSSR count). The largest absolute Gasteiger partial charge is 0.444 e. The summed E-state index contributed by atoms with van der Waals surface area (Å²) in [7, 11) is 0. The maximum atomic E-state index is 12.7. The normalized spacial score (nSPS) is 19.3. The summed E-state index contributed by atoms with van der Waals surface area (Å²) in [4.78, 5) is 20.8. The summed E-state index contributed by atoms with van der Waals surface area (Å²) in [6.45, 7) is 8.68. The van der Waals surface area contributed by atoms with Gasteiger partial charge in [0, 0.05) is 25.4 Å². The number of benzene rings is 1. The summed E-state index contributed by atoms with van der Waals surface area (Å²) in [5.74, 6) is 1.33. The van der Waals surface area contributed by atoms with Crippen LogP contribution < -0.4 is 0 Å². The van der Waals surface area contributed by atoms with E-state index < -0.39 is 5.60 Å². The highest BCUT2D eigenvalue weighted by Crippen LogP contribution is 2.34. The SMILES string of the molecule is CI.Cc1nc(C[C@@H]2CN(C(=O)OC(C)(C)C)CCO[C@H]2c2ccc(Cl)c(Cl)c2)n[nH]1. The predicted molar refractivity (Wildman–Crippen MR) is 131 cm³/mol. The number of H-pyrrole nitrogens is 1. The molecular weight excluding hydrogens is 554 g/mol. The zero-order valence-corrected chi connectivity index (χ0v) is 22.1. The summed E-state index contributed by atoms with van der Waals surface area (Å²) in [5.41, 5.74) is 0.340. The highest BCUT2D eigenvalue weighted by molar-refractivity contribution is 14.1. The molecule has 10 heteroatoms. The van der Waals surface area contributed by atoms with Crippen LogP contribution in [0.4, 0.5) is 4.79 Å². The summed E-state index contributed by atoms with van der Waals surface area (Å²) in [5, 5.41) is 8.07. The minimum absolute atomic E-state index is 0.0857. The predicted octanol–water partition coefficient (Wildman–Crippen LogP) is 5.64. The number of alkyl halides is 1. The molecule has 2 aromatic rings. The van der Waals surface area contributed by atoms with Crippen molar-refractivity contribution in [3.63, 3.8) is 0 Å². The topological polar surface area (TPSA) is 80.3 Å². The first-order chi connectivity index (χ1) is 14.6. The van der Waals surface area contributed by atoms with Crippen LogP contribution in [0.25, 0.3) is 0 Å². The van der Waals surface area contributed by atoms with Crippen LogP contribution in [0.3, 0.4) is 0 Å². The van der Waals surface area contributed by atoms with Crippen LogP contribution in [-0.2, 0) is 15.9 Å². The molecule has 0 bridgehead atoms. The van der Waals surface area contributed by atoms with Crippen molar-refractivity contribution in [2.24, 2.45) is 5.92 Å². The van der Waals surface area contributed by atoms with E-state index in [0.717, 1.165) is 11.4 Å². The molecule has 0 saturated carbocycles. The fourth-order valence-electron chi connectivity index (χ4n) is 3.33. The minimum Gasteiger partial charge on any atom is -0.444 e. The molecule has 0 spiro atoms. The molecule has 172 valence electrons. The van der Waals surface area contributed by atoms with Gasteiger partial charge in [-0.2, -0.15) is 5.10 Å². The number of hydrogen-bond acceptors (Lipinski definition) is 5. The third-order valence-electron chi connectivity index (χ3n) is 4.55. The van der Waals surface area contributed by atoms with E-state index >= 15 is 0 Å². The van der Waals surface area contributed by atoms with Gasteiger partial charge in [-0.15, -0.1) is 0 Å². The van der Waals surface area contributed by atoms with E-state index in [9.17, 15) is 4.79 Å². The summed E-state index contributed by atoms with van der Waals surface area (Å²) >= 11 is 14.5. The van der Waals surface area contributed by atoms with E-state index in [0.29, 0.717) is 42.0 Å². The number of ether oxygens (including phenoxy) is 2. The van der Waals surface area contributed by atoms with Gasteiger partial charge in [0.25, 0.3) is 0 Å². The summed E-state index contributed by atoms with van der Waals surface area (Å²) in [6, 6.07) is 5.47. The minimum atomic E-state index is -0.566. The third kappa shape index (κ3) is 7.76. The Morgan fingerprint density at radius 2 is 2.03 bits per heavy atom. The lowest BCUT2D eigenvalue weighted by Gasteiger charge is -2.29. The number of rotatable bonds is 3. The number of nitrogens with one attached hydrogen (secondary N) is 1. The molecule has 1 aromatic carbocycles. The number of aromatic amines is 1. The second kappa shape index (κ2) is 11.7. The van der Waals surface area contributed by atoms with E-state index in [4.69, 9.17) is 32.7 Å². The van der Waals surface area contributed by atoms with Gasteiger partial charge in [-0.25, -0.2) is 9.78 Å². The molecule has 2 heterocycles. The number of amides is 1. The molecule has 0 unspecified atom stereocenters. The number of hydrogen-bond donors (Lipinski definition) is 1. The second-order valence-corrected chi connectivity index (χ2v) is 9.01. The highest BCUT2D eigenvalue weighted by Gasteiger charge is 2.34. The van der Waals surface area contributed by atoms with Crippen LogP contribution >= 0.6 is 45.8 Å². The van der Waals surface area contributed by atoms with Crippen molar-refractivity contribution in [2.45, 2.75) is 45.8 Å². The van der Waals surface area contributed by atoms with Crippen molar-refractivity contribution in [2.75, 3.05) is 24.6 Å². The van der Waals surface area contributed by atoms with Gasteiger partial charge in [0.2, 0.25) is 0 Å². The molecule has 1 aliphatic heterocycles. The van der Waals surface area contributed by atoms with Gasteiger partial charge in [-0.05, 0) is 50.3 Å². The monoisotopic (exact) mass is 582 g/mol. The molecule has 1 saturated heterocycles. The highest BCUT2D eigenvalue weighted by atomic mass is 127. The molecule has 1 aliphatic rings.